The number of nitrogens with zero attached hydrogens (tertiary/aromatic N) is 3. The van der Waals surface area contributed by atoms with Gasteiger partial charge in [-0.25, -0.2) is 0 Å². The number of benzene rings is 1. The minimum atomic E-state index is -0.00836. The average Bonchev–Trinajstić information content (AvgIpc) is 3.51. The summed E-state index contributed by atoms with van der Waals surface area (Å²) < 4.78 is 5.79. The first-order valence-electron chi connectivity index (χ1n) is 11.2. The molecule has 0 spiro atoms. The molecule has 3 amide bonds. The van der Waals surface area contributed by atoms with Crippen molar-refractivity contribution in [3.63, 3.8) is 0 Å². The molecule has 7 nitrogen and oxygen atoms in total. The molecule has 3 saturated heterocycles. The molecular formula is C23H29N3O4. The SMILES string of the molecule is O=C(COc1cccc(N2CCCC2=O)c1)N1CC[C@@H]2[C@@H](CCC(=O)N2C2CC2)C1. The lowest BCUT2D eigenvalue weighted by atomic mass is 9.83. The smallest absolute Gasteiger partial charge is 0.260 e. The van der Waals surface area contributed by atoms with Crippen molar-refractivity contribution in [2.75, 3.05) is 31.1 Å². The quantitative estimate of drug-likeness (QED) is 0.745. The summed E-state index contributed by atoms with van der Waals surface area (Å²) >= 11 is 0. The number of rotatable bonds is 5. The third-order valence-corrected chi connectivity index (χ3v) is 6.93. The molecule has 7 heteroatoms. The van der Waals surface area contributed by atoms with Crippen LogP contribution in [0.2, 0.25) is 0 Å². The number of carbonyl (C=O) groups is 3. The second-order valence-electron chi connectivity index (χ2n) is 8.96. The molecule has 30 heavy (non-hydrogen) atoms. The highest BCUT2D eigenvalue weighted by Crippen LogP contribution is 2.39. The molecule has 1 aliphatic carbocycles. The minimum absolute atomic E-state index is 0.0000558. The summed E-state index contributed by atoms with van der Waals surface area (Å²) in [5, 5.41) is 0. The normalized spacial score (nSPS) is 26.7. The lowest BCUT2D eigenvalue weighted by molar-refractivity contribution is -0.145. The number of fused-ring (bicyclic) bond motifs is 1. The van der Waals surface area contributed by atoms with Gasteiger partial charge in [0.15, 0.2) is 6.61 Å². The first kappa shape index (κ1) is 19.4. The maximum atomic E-state index is 12.8. The average molecular weight is 412 g/mol. The Morgan fingerprint density at radius 1 is 1.03 bits per heavy atom. The Morgan fingerprint density at radius 3 is 2.67 bits per heavy atom. The Bertz CT molecular complexity index is 853. The second kappa shape index (κ2) is 7.93. The van der Waals surface area contributed by atoms with Crippen molar-refractivity contribution in [3.05, 3.63) is 24.3 Å². The summed E-state index contributed by atoms with van der Waals surface area (Å²) in [7, 11) is 0. The van der Waals surface area contributed by atoms with E-state index in [1.54, 1.807) is 4.90 Å². The number of anilines is 1. The molecule has 0 unspecified atom stereocenters. The van der Waals surface area contributed by atoms with Crippen LogP contribution in [0.25, 0.3) is 0 Å². The van der Waals surface area contributed by atoms with Crippen molar-refractivity contribution in [3.8, 4) is 5.75 Å². The molecule has 0 aromatic heterocycles. The largest absolute Gasteiger partial charge is 0.484 e. The first-order chi connectivity index (χ1) is 14.6. The van der Waals surface area contributed by atoms with Gasteiger partial charge in [0.25, 0.3) is 5.91 Å². The summed E-state index contributed by atoms with van der Waals surface area (Å²) in [5.74, 6) is 1.42. The van der Waals surface area contributed by atoms with E-state index >= 15 is 0 Å². The fourth-order valence-electron chi connectivity index (χ4n) is 5.24. The van der Waals surface area contributed by atoms with Crippen LogP contribution in [0.15, 0.2) is 24.3 Å². The lowest BCUT2D eigenvalue weighted by Gasteiger charge is -2.47. The molecular weight excluding hydrogens is 382 g/mol. The van der Waals surface area contributed by atoms with E-state index in [9.17, 15) is 14.4 Å². The molecule has 160 valence electrons. The summed E-state index contributed by atoms with van der Waals surface area (Å²) in [6, 6.07) is 8.17. The molecule has 0 radical (unpaired) electrons. The number of amides is 3. The third-order valence-electron chi connectivity index (χ3n) is 6.93. The van der Waals surface area contributed by atoms with Gasteiger partial charge >= 0.3 is 0 Å². The van der Waals surface area contributed by atoms with Crippen LogP contribution >= 0.6 is 0 Å². The zero-order valence-electron chi connectivity index (χ0n) is 17.3. The van der Waals surface area contributed by atoms with Crippen molar-refractivity contribution in [2.24, 2.45) is 5.92 Å². The summed E-state index contributed by atoms with van der Waals surface area (Å²) in [5.41, 5.74) is 0.829. The van der Waals surface area contributed by atoms with Gasteiger partial charge in [0.05, 0.1) is 0 Å². The Kier molecular flexibility index (Phi) is 5.13. The molecule has 4 aliphatic rings. The number of hydrogen-bond donors (Lipinski definition) is 0. The monoisotopic (exact) mass is 411 g/mol. The van der Waals surface area contributed by atoms with Gasteiger partial charge in [-0.15, -0.1) is 0 Å². The van der Waals surface area contributed by atoms with Crippen LogP contribution in [-0.2, 0) is 14.4 Å². The van der Waals surface area contributed by atoms with Crippen LogP contribution in [0.3, 0.4) is 0 Å². The van der Waals surface area contributed by atoms with E-state index in [0.717, 1.165) is 44.3 Å². The van der Waals surface area contributed by atoms with Gasteiger partial charge in [-0.05, 0) is 50.2 Å². The standard InChI is InChI=1S/C23H29N3O4/c27-21-5-2-11-25(21)18-3-1-4-19(13-18)30-15-23(29)24-12-10-20-16(14-24)6-9-22(28)26(20)17-7-8-17/h1,3-4,13,16-17,20H,2,5-12,14-15H2/t16-,20+/m0/s1. The predicted octanol–water partition coefficient (Wildman–Crippen LogP) is 2.19. The zero-order chi connectivity index (χ0) is 20.7. The Labute approximate surface area is 176 Å². The van der Waals surface area contributed by atoms with Crippen LogP contribution in [0, 0.1) is 5.92 Å². The molecule has 1 saturated carbocycles. The van der Waals surface area contributed by atoms with Gasteiger partial charge in [-0.1, -0.05) is 6.07 Å². The molecule has 0 N–H and O–H groups in total. The van der Waals surface area contributed by atoms with Crippen LogP contribution in [0.5, 0.6) is 5.75 Å². The maximum Gasteiger partial charge on any atom is 0.260 e. The molecule has 4 fully saturated rings. The Morgan fingerprint density at radius 2 is 1.90 bits per heavy atom. The maximum absolute atomic E-state index is 12.8. The molecule has 1 aromatic rings. The van der Waals surface area contributed by atoms with E-state index in [4.69, 9.17) is 4.74 Å². The summed E-state index contributed by atoms with van der Waals surface area (Å²) in [6.07, 6.45) is 6.08. The van der Waals surface area contributed by atoms with Gasteiger partial charge < -0.3 is 19.4 Å². The summed E-state index contributed by atoms with van der Waals surface area (Å²) in [6.45, 7) is 2.13. The van der Waals surface area contributed by atoms with Gasteiger partial charge in [0.1, 0.15) is 5.75 Å². The van der Waals surface area contributed by atoms with Crippen molar-refractivity contribution in [1.82, 2.24) is 9.80 Å². The van der Waals surface area contributed by atoms with Gasteiger partial charge in [-0.2, -0.15) is 0 Å². The molecule has 1 aromatic carbocycles. The zero-order valence-corrected chi connectivity index (χ0v) is 17.3. The lowest BCUT2D eigenvalue weighted by Crippen LogP contribution is -2.57. The van der Waals surface area contributed by atoms with E-state index in [1.807, 2.05) is 29.2 Å². The Hall–Kier alpha value is -2.57. The molecule has 5 rings (SSSR count). The highest BCUT2D eigenvalue weighted by molar-refractivity contribution is 5.95. The fraction of sp³-hybridized carbons (Fsp3) is 0.609. The number of carbonyl (C=O) groups excluding carboxylic acids is 3. The third kappa shape index (κ3) is 3.77. The van der Waals surface area contributed by atoms with Crippen LogP contribution in [-0.4, -0.2) is 65.8 Å². The molecule has 2 atom stereocenters. The van der Waals surface area contributed by atoms with Gasteiger partial charge in [0, 0.05) is 56.3 Å². The number of likely N-dealkylation sites (tertiary alicyclic amines) is 2. The molecule has 3 aliphatic heterocycles. The second-order valence-corrected chi connectivity index (χ2v) is 8.96. The van der Waals surface area contributed by atoms with Crippen LogP contribution in [0.4, 0.5) is 5.69 Å². The molecule has 0 bridgehead atoms. The van der Waals surface area contributed by atoms with E-state index in [-0.39, 0.29) is 18.4 Å². The van der Waals surface area contributed by atoms with Crippen molar-refractivity contribution >= 4 is 23.4 Å². The Balaban J connectivity index is 1.17. The van der Waals surface area contributed by atoms with E-state index in [0.29, 0.717) is 55.6 Å². The number of hydrogen-bond acceptors (Lipinski definition) is 4. The van der Waals surface area contributed by atoms with E-state index in [1.165, 1.54) is 0 Å². The topological polar surface area (TPSA) is 70.2 Å². The van der Waals surface area contributed by atoms with Crippen LogP contribution < -0.4 is 9.64 Å². The van der Waals surface area contributed by atoms with E-state index in [2.05, 4.69) is 4.90 Å². The van der Waals surface area contributed by atoms with Gasteiger partial charge in [0.2, 0.25) is 11.8 Å². The highest BCUT2D eigenvalue weighted by atomic mass is 16.5. The van der Waals surface area contributed by atoms with Crippen molar-refractivity contribution in [2.45, 2.75) is 57.0 Å². The van der Waals surface area contributed by atoms with Gasteiger partial charge in [-0.3, -0.25) is 14.4 Å². The van der Waals surface area contributed by atoms with Crippen molar-refractivity contribution in [1.29, 1.82) is 0 Å². The van der Waals surface area contributed by atoms with Crippen LogP contribution in [0.1, 0.15) is 44.9 Å². The van der Waals surface area contributed by atoms with Crippen molar-refractivity contribution < 1.29 is 19.1 Å². The summed E-state index contributed by atoms with van der Waals surface area (Å²) in [4.78, 5) is 42.9. The first-order valence-corrected chi connectivity index (χ1v) is 11.2. The highest BCUT2D eigenvalue weighted by Gasteiger charge is 2.45. The molecule has 3 heterocycles. The number of ether oxygens (including phenoxy) is 1. The fourth-order valence-corrected chi connectivity index (χ4v) is 5.24. The van der Waals surface area contributed by atoms with E-state index < -0.39 is 0 Å². The number of piperidine rings is 2. The minimum Gasteiger partial charge on any atom is -0.484 e. The predicted molar refractivity (Wildman–Crippen MR) is 111 cm³/mol.